The van der Waals surface area contributed by atoms with Gasteiger partial charge in [-0.25, -0.2) is 4.79 Å². The average Bonchev–Trinajstić information content (AvgIpc) is 1.09. The van der Waals surface area contributed by atoms with E-state index in [1.807, 2.05) is 134 Å². The number of rotatable bonds is 27. The van der Waals surface area contributed by atoms with Crippen LogP contribution >= 0.6 is 20.6 Å². The van der Waals surface area contributed by atoms with Gasteiger partial charge in [0.15, 0.2) is 6.61 Å². The van der Waals surface area contributed by atoms with E-state index < -0.39 is 99.2 Å². The van der Waals surface area contributed by atoms with Gasteiger partial charge < -0.3 is 38.6 Å². The van der Waals surface area contributed by atoms with Gasteiger partial charge in [0, 0.05) is 25.2 Å². The van der Waals surface area contributed by atoms with E-state index in [4.69, 9.17) is 44.0 Å². The molecule has 0 radical (unpaired) electrons. The first-order valence-electron chi connectivity index (χ1n) is 50.6. The Kier molecular flexibility index (Phi) is 29.4. The molecule has 726 valence electrons. The van der Waals surface area contributed by atoms with Crippen LogP contribution in [0.25, 0.3) is 0 Å². The fourth-order valence-electron chi connectivity index (χ4n) is 27.5. The van der Waals surface area contributed by atoms with Crippen molar-refractivity contribution in [3.63, 3.8) is 0 Å². The first kappa shape index (κ1) is 101. The molecule has 22 nitrogen and oxygen atoms in total. The van der Waals surface area contributed by atoms with Crippen molar-refractivity contribution in [1.82, 2.24) is 0 Å². The number of halogens is 1. The minimum Gasteiger partial charge on any atom is -0.459 e. The third-order valence-corrected chi connectivity index (χ3v) is 39.4. The fourth-order valence-corrected chi connectivity index (χ4v) is 30.8. The third kappa shape index (κ3) is 21.2. The van der Waals surface area contributed by atoms with Crippen LogP contribution in [0.3, 0.4) is 0 Å². The van der Waals surface area contributed by atoms with Gasteiger partial charge in [0.25, 0.3) is 0 Å². The maximum Gasteiger partial charge on any atom is 0.344 e. The zero-order chi connectivity index (χ0) is 94.3. The minimum atomic E-state index is -3.29. The standard InChI is InChI=1S/C40H55IO8.C19H32O2.C18H26O6.C16H26O4.C13H24O2/c1-7-35(3,4)31(42)46-39-20-26-14-27(21-39)17-37(16-26,24-39)33(44)48-41(30-12-10-9-11-13-30)49-34(45)38-18-28-15-29(19-38)23-40(22-28,25-38)47-32(43)36(5,6)8-2;1-6-18(4,5)17(20)21-19(12(2)3)15-8-13-7-14(10-15)11-16(19)9-13;1-4-18(2,3)17(21)22-9-14(19)24-15-11-5-10-6-12(8-11)16(20)23-13(15)7-10;1-4-13(2,3)12(17)20-16-7-11-5-14(18,9-16)8-15(19,6-11)10-16;1-5-12(3,4)11(14)15-13(6-2)9-7-8-10-13/h9-13,26-29H,7-8,14-25H2,1-6H3;12-16H,6-11H2,1-5H3;10-13,15H,4-9H2,1-3H3;11,18-19H,4-10H2,1-3H3;5-10H2,1-4H3. The molecule has 0 spiro atoms. The number of benzene rings is 1. The molecule has 23 heteroatoms. The van der Waals surface area contributed by atoms with E-state index in [0.29, 0.717) is 98.7 Å². The summed E-state index contributed by atoms with van der Waals surface area (Å²) in [7, 11) is 0. The summed E-state index contributed by atoms with van der Waals surface area (Å²) in [6, 6.07) is 9.50. The summed E-state index contributed by atoms with van der Waals surface area (Å²) >= 11 is -3.29. The summed E-state index contributed by atoms with van der Waals surface area (Å²) < 4.78 is 60.7. The van der Waals surface area contributed by atoms with Crippen LogP contribution in [-0.2, 0) is 92.0 Å². The Hall–Kier alpha value is -5.43. The van der Waals surface area contributed by atoms with Gasteiger partial charge in [-0.3, -0.25) is 24.0 Å². The molecule has 21 fully saturated rings. The largest absolute Gasteiger partial charge is 0.459 e. The summed E-state index contributed by atoms with van der Waals surface area (Å²) in [4.78, 5) is 129. The molecule has 1 aromatic carbocycles. The van der Waals surface area contributed by atoms with Crippen LogP contribution in [-0.4, -0.2) is 128 Å². The maximum absolute atomic E-state index is 14.5. The molecule has 11 atom stereocenters. The van der Waals surface area contributed by atoms with E-state index in [1.165, 1.54) is 44.9 Å². The van der Waals surface area contributed by atoms with Crippen molar-refractivity contribution in [3.8, 4) is 0 Å². The Morgan fingerprint density at radius 3 is 1.22 bits per heavy atom. The Bertz CT molecular complexity index is 4090. The van der Waals surface area contributed by atoms with Crippen molar-refractivity contribution in [1.29, 1.82) is 0 Å². The Labute approximate surface area is 779 Å². The summed E-state index contributed by atoms with van der Waals surface area (Å²) in [6.45, 7) is 41.3. The number of fused-ring (bicyclic) bond motifs is 1. The zero-order valence-electron chi connectivity index (χ0n) is 82.6. The van der Waals surface area contributed by atoms with Gasteiger partial charge in [0.1, 0.15) is 29.0 Å². The summed E-state index contributed by atoms with van der Waals surface area (Å²) in [5.41, 5.74) is -8.39. The molecule has 2 heterocycles. The molecule has 129 heavy (non-hydrogen) atoms. The number of hydrogen-bond acceptors (Lipinski definition) is 22. The van der Waals surface area contributed by atoms with E-state index in [0.717, 1.165) is 163 Å². The quantitative estimate of drug-likeness (QED) is 0.0470. The van der Waals surface area contributed by atoms with Gasteiger partial charge in [-0.15, -0.1) is 0 Å². The number of carbonyl (C=O) groups is 10. The number of esters is 8. The molecule has 19 saturated carbocycles. The van der Waals surface area contributed by atoms with Crippen LogP contribution in [0.1, 0.15) is 389 Å². The Balaban J connectivity index is 0.000000149. The van der Waals surface area contributed by atoms with Crippen molar-refractivity contribution in [3.05, 3.63) is 33.9 Å². The molecule has 0 aromatic heterocycles. The molecule has 21 aliphatic rings. The molecule has 22 rings (SSSR count). The van der Waals surface area contributed by atoms with Crippen LogP contribution in [0.5, 0.6) is 0 Å². The van der Waals surface area contributed by atoms with Gasteiger partial charge in [-0.05, 0) is 232 Å². The molecule has 20 bridgehead atoms. The van der Waals surface area contributed by atoms with Gasteiger partial charge in [-0.1, -0.05) is 48.5 Å². The third-order valence-electron chi connectivity index (χ3n) is 36.1. The van der Waals surface area contributed by atoms with E-state index in [1.54, 1.807) is 13.8 Å². The number of ether oxygens (including phenoxy) is 8. The van der Waals surface area contributed by atoms with Crippen LogP contribution in [0.2, 0.25) is 0 Å². The smallest absolute Gasteiger partial charge is 0.344 e. The topological polar surface area (TPSA) is 303 Å². The molecule has 1 aromatic rings. The van der Waals surface area contributed by atoms with Gasteiger partial charge in [0.05, 0.1) is 38.8 Å². The first-order chi connectivity index (χ1) is 60.2. The van der Waals surface area contributed by atoms with E-state index in [9.17, 15) is 58.2 Å². The van der Waals surface area contributed by atoms with E-state index in [-0.39, 0.29) is 100 Å². The first-order valence-corrected chi connectivity index (χ1v) is 53.4. The van der Waals surface area contributed by atoms with Gasteiger partial charge >= 0.3 is 337 Å². The second-order valence-electron chi connectivity index (χ2n) is 48.9. The van der Waals surface area contributed by atoms with Crippen molar-refractivity contribution in [2.75, 3.05) is 6.61 Å². The average molecular weight is 1920 g/mol. The predicted molar refractivity (Wildman–Crippen MR) is 496 cm³/mol. The van der Waals surface area contributed by atoms with Crippen molar-refractivity contribution < 1.29 is 102 Å². The molecule has 11 unspecified atom stereocenters. The number of aliphatic hydroxyl groups is 2. The SMILES string of the molecule is CCC(C)(C)C(=O)OC1(C(C)C)C2CC3CC(C2)CC1C3.CCC(C)(C)C(=O)OC12CC3CC(C1)CC(C(=O)OI(OC(=O)C14CC5CC(CC(OC(=O)C(C)(C)CC)(C5)C1)C4)c1ccccc1)(C3)C2.CCC(C)(C)C(=O)OC12CC3CC(O)(CC(O)(C3)C1)C2.CCC(C)(C)C(=O)OCC(=O)OC1C2CC3CC(C2)C(=O)OC1C3.CCC1(OC(=O)C(C)(C)CC)CCCC1. The van der Waals surface area contributed by atoms with E-state index >= 15 is 0 Å². The van der Waals surface area contributed by atoms with Crippen LogP contribution in [0.15, 0.2) is 30.3 Å². The Morgan fingerprint density at radius 1 is 0.426 bits per heavy atom. The van der Waals surface area contributed by atoms with Crippen LogP contribution < -0.4 is 0 Å². The second-order valence-corrected chi connectivity index (χ2v) is 52.3. The van der Waals surface area contributed by atoms with Gasteiger partial charge in [0.2, 0.25) is 0 Å². The zero-order valence-corrected chi connectivity index (χ0v) is 84.7. The number of carbonyl (C=O) groups excluding carboxylic acids is 10. The predicted octanol–water partition coefficient (Wildman–Crippen LogP) is 21.8. The molecule has 2 saturated heterocycles. The van der Waals surface area contributed by atoms with E-state index in [2.05, 4.69) is 27.7 Å². The normalized spacial score (nSPS) is 37.0. The van der Waals surface area contributed by atoms with Crippen molar-refractivity contribution in [2.45, 2.75) is 441 Å². The summed E-state index contributed by atoms with van der Waals surface area (Å²) in [5, 5.41) is 21.3. The minimum absolute atomic E-state index is 0.0197. The van der Waals surface area contributed by atoms with Crippen LogP contribution in [0.4, 0.5) is 0 Å². The molecule has 19 aliphatic carbocycles. The molecule has 0 amide bonds. The Morgan fingerprint density at radius 2 is 0.814 bits per heavy atom. The fraction of sp³-hybridized carbons (Fsp3) is 0.849. The summed E-state index contributed by atoms with van der Waals surface area (Å²) in [5.74, 6) is 3.31. The molecule has 2 N–H and O–H groups in total. The van der Waals surface area contributed by atoms with Crippen molar-refractivity contribution in [2.24, 2.45) is 120 Å². The number of hydrogen-bond donors (Lipinski definition) is 2. The molecular formula is C106H163IO22. The van der Waals surface area contributed by atoms with Crippen LogP contribution in [0, 0.1) is 124 Å². The monoisotopic (exact) mass is 1920 g/mol. The summed E-state index contributed by atoms with van der Waals surface area (Å²) in [6.07, 6.45) is 31.9. The maximum atomic E-state index is 14.5. The van der Waals surface area contributed by atoms with Crippen molar-refractivity contribution >= 4 is 80.3 Å². The molecular weight excluding hydrogens is 1750 g/mol. The second kappa shape index (κ2) is 37.6. The molecule has 2 aliphatic heterocycles. The van der Waals surface area contributed by atoms with Gasteiger partial charge in [-0.2, -0.15) is 0 Å².